The van der Waals surface area contributed by atoms with Crippen LogP contribution in [0.4, 0.5) is 0 Å². The lowest BCUT2D eigenvalue weighted by atomic mass is 9.86. The van der Waals surface area contributed by atoms with E-state index in [1.54, 1.807) is 20.5 Å². The number of hydrogen-bond donors (Lipinski definition) is 2. The quantitative estimate of drug-likeness (QED) is 0.318. The third kappa shape index (κ3) is 8.95. The van der Waals surface area contributed by atoms with Gasteiger partial charge in [-0.15, -0.1) is 24.8 Å². The van der Waals surface area contributed by atoms with Crippen LogP contribution in [0.25, 0.3) is 0 Å². The molecule has 194 valence electrons. The van der Waals surface area contributed by atoms with Gasteiger partial charge in [0.15, 0.2) is 11.5 Å². The van der Waals surface area contributed by atoms with Gasteiger partial charge in [0.2, 0.25) is 0 Å². The van der Waals surface area contributed by atoms with Crippen molar-refractivity contribution in [2.45, 2.75) is 70.8 Å². The predicted octanol–water partition coefficient (Wildman–Crippen LogP) is 5.23. The summed E-state index contributed by atoms with van der Waals surface area (Å²) in [5.74, 6) is 1.79. The zero-order valence-corrected chi connectivity index (χ0v) is 22.7. The van der Waals surface area contributed by atoms with Crippen molar-refractivity contribution in [2.75, 3.05) is 40.4 Å². The number of nitrogens with zero attached hydrogens (tertiary/aromatic N) is 2. The third-order valence-corrected chi connectivity index (χ3v) is 6.62. The fourth-order valence-corrected chi connectivity index (χ4v) is 4.93. The summed E-state index contributed by atoms with van der Waals surface area (Å²) < 4.78 is 11.2. The number of fused-ring (bicyclic) bond motifs is 1. The van der Waals surface area contributed by atoms with Crippen molar-refractivity contribution in [3.63, 3.8) is 0 Å². The van der Waals surface area contributed by atoms with Crippen LogP contribution >= 0.6 is 24.8 Å². The molecule has 34 heavy (non-hydrogen) atoms. The van der Waals surface area contributed by atoms with E-state index >= 15 is 0 Å². The largest absolute Gasteiger partial charge is 0.493 e. The van der Waals surface area contributed by atoms with E-state index in [1.807, 2.05) is 6.20 Å². The van der Waals surface area contributed by atoms with Crippen LogP contribution in [0.5, 0.6) is 11.5 Å². The number of H-pyrrole nitrogens is 1. The van der Waals surface area contributed by atoms with Gasteiger partial charge in [0.05, 0.1) is 26.2 Å². The summed E-state index contributed by atoms with van der Waals surface area (Å²) in [4.78, 5) is 10.0. The Morgan fingerprint density at radius 2 is 1.88 bits per heavy atom. The first kappa shape index (κ1) is 30.6. The number of benzene rings is 1. The fraction of sp³-hybridized carbons (Fsp3) is 0.654. The van der Waals surface area contributed by atoms with Crippen molar-refractivity contribution in [3.05, 3.63) is 41.5 Å². The van der Waals surface area contributed by atoms with E-state index in [-0.39, 0.29) is 24.8 Å². The molecular weight excluding hydrogens is 471 g/mol. The molecule has 0 saturated carbocycles. The van der Waals surface area contributed by atoms with Gasteiger partial charge in [0.25, 0.3) is 0 Å². The predicted molar refractivity (Wildman–Crippen MR) is 145 cm³/mol. The van der Waals surface area contributed by atoms with E-state index < -0.39 is 0 Å². The monoisotopic (exact) mass is 514 g/mol. The Kier molecular flexibility index (Phi) is 15.3. The Morgan fingerprint density at radius 1 is 1.06 bits per heavy atom. The Bertz CT molecular complexity index is 789. The van der Waals surface area contributed by atoms with Gasteiger partial charge >= 0.3 is 0 Å². The molecule has 1 aromatic heterocycles. The first-order chi connectivity index (χ1) is 15.8. The van der Waals surface area contributed by atoms with Crippen LogP contribution in [0.3, 0.4) is 0 Å². The molecule has 2 aromatic rings. The second-order valence-electron chi connectivity index (χ2n) is 8.85. The number of hydrogen-bond acceptors (Lipinski definition) is 5. The maximum absolute atomic E-state index is 5.68. The van der Waals surface area contributed by atoms with E-state index in [1.165, 1.54) is 62.7 Å². The number of nitrogens with one attached hydrogen (secondary N) is 2. The van der Waals surface area contributed by atoms with Crippen molar-refractivity contribution >= 4 is 24.8 Å². The average molecular weight is 516 g/mol. The smallest absolute Gasteiger partial charge is 0.164 e. The Hall–Kier alpha value is -1.47. The molecule has 0 radical (unpaired) electrons. The zero-order valence-electron chi connectivity index (χ0n) is 21.1. The molecule has 1 aliphatic rings. The Labute approximate surface area is 218 Å². The summed E-state index contributed by atoms with van der Waals surface area (Å²) >= 11 is 0. The number of aromatic amines is 1. The van der Waals surface area contributed by atoms with E-state index in [0.29, 0.717) is 6.04 Å². The molecular formula is C26H44Cl2N4O2. The summed E-state index contributed by atoms with van der Waals surface area (Å²) in [7, 11) is 3.47. The highest BCUT2D eigenvalue weighted by Crippen LogP contribution is 2.38. The average Bonchev–Trinajstić information content (AvgIpc) is 3.34. The summed E-state index contributed by atoms with van der Waals surface area (Å²) in [6.07, 6.45) is 14.5. The van der Waals surface area contributed by atoms with Crippen LogP contribution < -0.4 is 14.8 Å². The van der Waals surface area contributed by atoms with Crippen molar-refractivity contribution in [1.82, 2.24) is 20.2 Å². The summed E-state index contributed by atoms with van der Waals surface area (Å²) in [5, 5.41) is 3.54. The second kappa shape index (κ2) is 17.0. The standard InChI is InChI=1S/C26H42N4O2.2ClH/c1-4-16-30(17-8-6-5-7-14-27-15-13-22-19-28-20-29-22)23-10-11-24-21(18-23)9-12-25(31-2)26(24)32-3;;/h9,12,19-20,23,27H,4-8,10-11,13-18H2,1-3H3,(H,28,29);2*1H. The molecule has 1 unspecified atom stereocenters. The number of imidazole rings is 1. The molecule has 2 N–H and O–H groups in total. The molecule has 1 aliphatic carbocycles. The maximum atomic E-state index is 5.68. The molecule has 1 heterocycles. The molecule has 0 spiro atoms. The molecule has 0 amide bonds. The highest BCUT2D eigenvalue weighted by molar-refractivity contribution is 5.85. The molecule has 6 nitrogen and oxygen atoms in total. The number of rotatable bonds is 15. The minimum Gasteiger partial charge on any atom is -0.493 e. The molecule has 0 fully saturated rings. The lowest BCUT2D eigenvalue weighted by Gasteiger charge is -2.36. The van der Waals surface area contributed by atoms with Gasteiger partial charge in [0.1, 0.15) is 0 Å². The van der Waals surface area contributed by atoms with E-state index in [4.69, 9.17) is 9.47 Å². The highest BCUT2D eigenvalue weighted by atomic mass is 35.5. The van der Waals surface area contributed by atoms with Crippen LogP contribution in [0.15, 0.2) is 24.7 Å². The molecule has 3 rings (SSSR count). The van der Waals surface area contributed by atoms with Gasteiger partial charge in [-0.2, -0.15) is 0 Å². The van der Waals surface area contributed by atoms with Crippen molar-refractivity contribution in [1.29, 1.82) is 0 Å². The summed E-state index contributed by atoms with van der Waals surface area (Å²) in [5.41, 5.74) is 3.91. The van der Waals surface area contributed by atoms with Crippen LogP contribution in [0.1, 0.15) is 62.3 Å². The third-order valence-electron chi connectivity index (χ3n) is 6.62. The van der Waals surface area contributed by atoms with Gasteiger partial charge in [-0.25, -0.2) is 4.98 Å². The van der Waals surface area contributed by atoms with Crippen molar-refractivity contribution in [2.24, 2.45) is 0 Å². The van der Waals surface area contributed by atoms with E-state index in [9.17, 15) is 0 Å². The van der Waals surface area contributed by atoms with Crippen LogP contribution in [-0.2, 0) is 19.3 Å². The first-order valence-electron chi connectivity index (χ1n) is 12.4. The van der Waals surface area contributed by atoms with Gasteiger partial charge in [-0.3, -0.25) is 0 Å². The lowest BCUT2D eigenvalue weighted by Crippen LogP contribution is -2.40. The van der Waals surface area contributed by atoms with Gasteiger partial charge < -0.3 is 24.7 Å². The van der Waals surface area contributed by atoms with Gasteiger partial charge in [-0.1, -0.05) is 25.8 Å². The maximum Gasteiger partial charge on any atom is 0.164 e. The number of halogens is 2. The summed E-state index contributed by atoms with van der Waals surface area (Å²) in [6.45, 7) is 6.82. The highest BCUT2D eigenvalue weighted by Gasteiger charge is 2.26. The number of unbranched alkanes of at least 4 members (excludes halogenated alkanes) is 3. The minimum absolute atomic E-state index is 0. The molecule has 1 aromatic carbocycles. The normalized spacial score (nSPS) is 14.8. The van der Waals surface area contributed by atoms with E-state index in [2.05, 4.69) is 39.2 Å². The summed E-state index contributed by atoms with van der Waals surface area (Å²) in [6, 6.07) is 4.95. The van der Waals surface area contributed by atoms with Gasteiger partial charge in [-0.05, 0) is 69.8 Å². The first-order valence-corrected chi connectivity index (χ1v) is 12.4. The zero-order chi connectivity index (χ0) is 22.6. The molecule has 1 atom stereocenters. The SMILES string of the molecule is CCCN(CCCCCCNCCc1c[nH]cn1)C1CCc2c(ccc(OC)c2OC)C1.Cl.Cl. The van der Waals surface area contributed by atoms with E-state index in [0.717, 1.165) is 49.5 Å². The molecule has 0 bridgehead atoms. The van der Waals surface area contributed by atoms with Crippen molar-refractivity contribution < 1.29 is 9.47 Å². The van der Waals surface area contributed by atoms with Gasteiger partial charge in [0, 0.05) is 30.8 Å². The molecule has 0 saturated heterocycles. The van der Waals surface area contributed by atoms with Crippen LogP contribution in [0.2, 0.25) is 0 Å². The topological polar surface area (TPSA) is 62.4 Å². The van der Waals surface area contributed by atoms with Crippen LogP contribution in [-0.4, -0.2) is 61.3 Å². The second-order valence-corrected chi connectivity index (χ2v) is 8.85. The minimum atomic E-state index is 0. The number of aromatic nitrogens is 2. The Morgan fingerprint density at radius 3 is 2.59 bits per heavy atom. The molecule has 0 aliphatic heterocycles. The van der Waals surface area contributed by atoms with Crippen LogP contribution in [0, 0.1) is 0 Å². The Balaban J connectivity index is 0.00000289. The molecule has 8 heteroatoms. The van der Waals surface area contributed by atoms with Crippen molar-refractivity contribution in [3.8, 4) is 11.5 Å². The number of methoxy groups -OCH3 is 2. The fourth-order valence-electron chi connectivity index (χ4n) is 4.93. The number of ether oxygens (including phenoxy) is 2. The lowest BCUT2D eigenvalue weighted by molar-refractivity contribution is 0.175.